The maximum atomic E-state index is 12.5. The van der Waals surface area contributed by atoms with E-state index in [4.69, 9.17) is 5.26 Å². The molecule has 1 saturated heterocycles. The third-order valence-corrected chi connectivity index (χ3v) is 4.53. The van der Waals surface area contributed by atoms with Crippen LogP contribution in [-0.2, 0) is 4.79 Å². The molecule has 0 saturated carbocycles. The van der Waals surface area contributed by atoms with Gasteiger partial charge in [0.15, 0.2) is 5.65 Å². The Bertz CT molecular complexity index is 912. The number of hydrogen-bond donors (Lipinski definition) is 2. The first kappa shape index (κ1) is 18.8. The fourth-order valence-electron chi connectivity index (χ4n) is 3.11. The van der Waals surface area contributed by atoms with E-state index in [0.717, 1.165) is 12.1 Å². The van der Waals surface area contributed by atoms with Gasteiger partial charge in [-0.1, -0.05) is 0 Å². The van der Waals surface area contributed by atoms with E-state index in [1.54, 1.807) is 29.5 Å². The molecule has 3 rings (SSSR count). The second kappa shape index (κ2) is 7.32. The number of carbonyl (C=O) groups is 2. The average molecular weight is 369 g/mol. The summed E-state index contributed by atoms with van der Waals surface area (Å²) >= 11 is 0. The maximum Gasteiger partial charge on any atom is 0.255 e. The van der Waals surface area contributed by atoms with E-state index >= 15 is 0 Å². The van der Waals surface area contributed by atoms with Gasteiger partial charge in [0.1, 0.15) is 6.04 Å². The van der Waals surface area contributed by atoms with Gasteiger partial charge in [-0.05, 0) is 33.6 Å². The van der Waals surface area contributed by atoms with Gasteiger partial charge in [-0.25, -0.2) is 9.50 Å². The molecule has 3 heterocycles. The number of nitrogens with one attached hydrogen (secondary N) is 2. The predicted octanol–water partition coefficient (Wildman–Crippen LogP) is 0.608. The molecule has 9 heteroatoms. The van der Waals surface area contributed by atoms with Gasteiger partial charge in [-0.15, -0.1) is 0 Å². The van der Waals surface area contributed by atoms with Crippen LogP contribution in [0.15, 0.2) is 18.5 Å². The lowest BCUT2D eigenvalue weighted by atomic mass is 10.2. The number of amides is 2. The third kappa shape index (κ3) is 4.23. The van der Waals surface area contributed by atoms with Crippen molar-refractivity contribution in [3.05, 3.63) is 29.7 Å². The molecule has 27 heavy (non-hydrogen) atoms. The number of likely N-dealkylation sites (tertiary alicyclic amines) is 1. The minimum Gasteiger partial charge on any atom is -0.334 e. The molecule has 2 N–H and O–H groups in total. The molecule has 0 spiro atoms. The van der Waals surface area contributed by atoms with Crippen LogP contribution in [0.4, 0.5) is 0 Å². The number of aryl methyl sites for hydroxylation is 1. The van der Waals surface area contributed by atoms with Crippen LogP contribution >= 0.6 is 0 Å². The van der Waals surface area contributed by atoms with E-state index < -0.39 is 5.66 Å². The van der Waals surface area contributed by atoms with E-state index in [9.17, 15) is 9.59 Å². The summed E-state index contributed by atoms with van der Waals surface area (Å²) in [5.41, 5.74) is 1.04. The van der Waals surface area contributed by atoms with Crippen LogP contribution in [0.25, 0.3) is 5.65 Å². The number of carbonyl (C=O) groups excluding carboxylic acids is 2. The summed E-state index contributed by atoms with van der Waals surface area (Å²) in [7, 11) is 0. The summed E-state index contributed by atoms with van der Waals surface area (Å²) in [6, 6.07) is 3.63. The lowest BCUT2D eigenvalue weighted by Gasteiger charge is -2.29. The molecule has 2 aromatic rings. The Morgan fingerprint density at radius 1 is 1.44 bits per heavy atom. The molecule has 0 radical (unpaired) electrons. The summed E-state index contributed by atoms with van der Waals surface area (Å²) in [4.78, 5) is 30.7. The van der Waals surface area contributed by atoms with Crippen LogP contribution < -0.4 is 10.6 Å². The predicted molar refractivity (Wildman–Crippen MR) is 97.6 cm³/mol. The van der Waals surface area contributed by atoms with Crippen molar-refractivity contribution in [2.75, 3.05) is 13.1 Å². The Balaban J connectivity index is 1.60. The van der Waals surface area contributed by atoms with E-state index in [0.29, 0.717) is 24.2 Å². The van der Waals surface area contributed by atoms with Crippen LogP contribution in [0.3, 0.4) is 0 Å². The zero-order valence-corrected chi connectivity index (χ0v) is 15.7. The molecular formula is C18H23N7O2. The van der Waals surface area contributed by atoms with Crippen molar-refractivity contribution in [3.63, 3.8) is 0 Å². The molecule has 1 atom stereocenters. The highest BCUT2D eigenvalue weighted by molar-refractivity contribution is 5.94. The lowest BCUT2D eigenvalue weighted by molar-refractivity contribution is -0.130. The molecule has 142 valence electrons. The summed E-state index contributed by atoms with van der Waals surface area (Å²) in [6.45, 7) is 6.04. The van der Waals surface area contributed by atoms with Gasteiger partial charge in [-0.3, -0.25) is 14.9 Å². The van der Waals surface area contributed by atoms with E-state index in [1.807, 2.05) is 13.0 Å². The molecule has 0 unspecified atom stereocenters. The molecule has 2 aromatic heterocycles. The summed E-state index contributed by atoms with van der Waals surface area (Å²) in [5.74, 6) is -0.463. The van der Waals surface area contributed by atoms with Crippen LogP contribution in [0.5, 0.6) is 0 Å². The molecule has 0 aliphatic carbocycles. The van der Waals surface area contributed by atoms with Crippen LogP contribution in [0.1, 0.15) is 42.7 Å². The highest BCUT2D eigenvalue weighted by atomic mass is 16.2. The normalized spacial score (nSPS) is 17.1. The van der Waals surface area contributed by atoms with Crippen LogP contribution in [0.2, 0.25) is 0 Å². The van der Waals surface area contributed by atoms with Crippen molar-refractivity contribution in [1.82, 2.24) is 30.1 Å². The third-order valence-electron chi connectivity index (χ3n) is 4.53. The number of rotatable bonds is 5. The van der Waals surface area contributed by atoms with Crippen molar-refractivity contribution in [2.45, 2.75) is 45.3 Å². The van der Waals surface area contributed by atoms with Gasteiger partial charge < -0.3 is 10.2 Å². The standard InChI is InChI=1S/C18H23N7O2/c1-12-7-15-20-9-13(11-25(15)23-12)17(27)22-18(2,3)21-10-16(26)24-6-4-5-14(24)8-19/h7,9,11,14,21H,4-6,10H2,1-3H3,(H,22,27)/t14-/m0/s1. The Morgan fingerprint density at radius 2 is 2.22 bits per heavy atom. The van der Waals surface area contributed by atoms with Gasteiger partial charge in [0.25, 0.3) is 5.91 Å². The van der Waals surface area contributed by atoms with E-state index in [-0.39, 0.29) is 24.4 Å². The SMILES string of the molecule is Cc1cc2ncc(C(=O)NC(C)(C)NCC(=O)N3CCC[C@H]3C#N)cn2n1. The molecule has 0 bridgehead atoms. The molecule has 1 aliphatic heterocycles. The van der Waals surface area contributed by atoms with Crippen LogP contribution in [-0.4, -0.2) is 56.1 Å². The first-order valence-corrected chi connectivity index (χ1v) is 8.88. The van der Waals surface area contributed by atoms with Crippen molar-refractivity contribution in [2.24, 2.45) is 0 Å². The fourth-order valence-corrected chi connectivity index (χ4v) is 3.11. The Morgan fingerprint density at radius 3 is 2.96 bits per heavy atom. The van der Waals surface area contributed by atoms with E-state index in [2.05, 4.69) is 26.8 Å². The quantitative estimate of drug-likeness (QED) is 0.746. The smallest absolute Gasteiger partial charge is 0.255 e. The van der Waals surface area contributed by atoms with Gasteiger partial charge in [-0.2, -0.15) is 10.4 Å². The second-order valence-corrected chi connectivity index (χ2v) is 7.24. The number of aromatic nitrogens is 3. The molecule has 9 nitrogen and oxygen atoms in total. The second-order valence-electron chi connectivity index (χ2n) is 7.24. The zero-order valence-electron chi connectivity index (χ0n) is 15.7. The van der Waals surface area contributed by atoms with Gasteiger partial charge >= 0.3 is 0 Å². The van der Waals surface area contributed by atoms with Crippen molar-refractivity contribution < 1.29 is 9.59 Å². The van der Waals surface area contributed by atoms with Crippen LogP contribution in [0, 0.1) is 18.3 Å². The summed E-state index contributed by atoms with van der Waals surface area (Å²) < 4.78 is 1.56. The Labute approximate surface area is 157 Å². The molecule has 0 aromatic carbocycles. The molecular weight excluding hydrogens is 346 g/mol. The Hall–Kier alpha value is -2.99. The fraction of sp³-hybridized carbons (Fsp3) is 0.500. The number of fused-ring (bicyclic) bond motifs is 1. The minimum atomic E-state index is -0.816. The minimum absolute atomic E-state index is 0.0428. The highest BCUT2D eigenvalue weighted by Gasteiger charge is 2.30. The topological polar surface area (TPSA) is 115 Å². The largest absolute Gasteiger partial charge is 0.334 e. The highest BCUT2D eigenvalue weighted by Crippen LogP contribution is 2.16. The molecule has 1 aliphatic rings. The average Bonchev–Trinajstić information content (AvgIpc) is 3.23. The van der Waals surface area contributed by atoms with Gasteiger partial charge in [0.05, 0.1) is 29.5 Å². The molecule has 1 fully saturated rings. The number of nitrogens with zero attached hydrogens (tertiary/aromatic N) is 5. The maximum absolute atomic E-state index is 12.5. The first-order valence-electron chi connectivity index (χ1n) is 8.88. The Kier molecular flexibility index (Phi) is 5.10. The zero-order chi connectivity index (χ0) is 19.6. The van der Waals surface area contributed by atoms with Crippen molar-refractivity contribution in [1.29, 1.82) is 5.26 Å². The lowest BCUT2D eigenvalue weighted by Crippen LogP contribution is -2.57. The summed E-state index contributed by atoms with van der Waals surface area (Å²) in [5, 5.41) is 19.2. The first-order chi connectivity index (χ1) is 12.8. The summed E-state index contributed by atoms with van der Waals surface area (Å²) in [6.07, 6.45) is 4.67. The van der Waals surface area contributed by atoms with E-state index in [1.165, 1.54) is 6.20 Å². The number of nitriles is 1. The van der Waals surface area contributed by atoms with Gasteiger partial charge in [0, 0.05) is 25.0 Å². The number of hydrogen-bond acceptors (Lipinski definition) is 6. The van der Waals surface area contributed by atoms with Crippen molar-refractivity contribution in [3.8, 4) is 6.07 Å². The monoisotopic (exact) mass is 369 g/mol. The van der Waals surface area contributed by atoms with Crippen molar-refractivity contribution >= 4 is 17.5 Å². The molecule has 2 amide bonds. The van der Waals surface area contributed by atoms with Gasteiger partial charge in [0.2, 0.25) is 5.91 Å².